The summed E-state index contributed by atoms with van der Waals surface area (Å²) in [6, 6.07) is 6.52. The quantitative estimate of drug-likeness (QED) is 0.660. The molecule has 0 saturated heterocycles. The fraction of sp³-hybridized carbons (Fsp3) is 0.333. The van der Waals surface area contributed by atoms with Gasteiger partial charge in [-0.3, -0.25) is 24.2 Å². The number of sulfonamides is 1. The average Bonchev–Trinajstić information content (AvgIpc) is 3.23. The summed E-state index contributed by atoms with van der Waals surface area (Å²) in [4.78, 5) is 33.7. The first-order valence-electron chi connectivity index (χ1n) is 8.86. The van der Waals surface area contributed by atoms with Crippen molar-refractivity contribution in [2.45, 2.75) is 31.8 Å². The first-order chi connectivity index (χ1) is 13.8. The summed E-state index contributed by atoms with van der Waals surface area (Å²) in [6.07, 6.45) is -0.00107. The Morgan fingerprint density at radius 1 is 1.31 bits per heavy atom. The van der Waals surface area contributed by atoms with E-state index in [9.17, 15) is 18.0 Å². The number of anilines is 1. The van der Waals surface area contributed by atoms with Gasteiger partial charge in [-0.25, -0.2) is 13.4 Å². The molecule has 0 bridgehead atoms. The van der Waals surface area contributed by atoms with Crippen molar-refractivity contribution >= 4 is 44.2 Å². The molecule has 1 aromatic carbocycles. The topological polar surface area (TPSA) is 118 Å². The van der Waals surface area contributed by atoms with Gasteiger partial charge in [-0.1, -0.05) is 12.1 Å². The van der Waals surface area contributed by atoms with Crippen LogP contribution in [-0.4, -0.2) is 44.2 Å². The van der Waals surface area contributed by atoms with Gasteiger partial charge in [0.2, 0.25) is 5.91 Å². The van der Waals surface area contributed by atoms with Crippen LogP contribution in [0.1, 0.15) is 31.5 Å². The minimum Gasteiger partial charge on any atom is -0.459 e. The molecule has 0 spiro atoms. The van der Waals surface area contributed by atoms with Crippen molar-refractivity contribution in [1.29, 1.82) is 0 Å². The molecule has 1 aliphatic rings. The van der Waals surface area contributed by atoms with Crippen LogP contribution in [0.25, 0.3) is 0 Å². The molecule has 0 aliphatic carbocycles. The first kappa shape index (κ1) is 20.9. The summed E-state index contributed by atoms with van der Waals surface area (Å²) >= 11 is 1.31. The number of hydrogen-bond acceptors (Lipinski definition) is 8. The van der Waals surface area contributed by atoms with Gasteiger partial charge in [0.05, 0.1) is 23.6 Å². The van der Waals surface area contributed by atoms with E-state index < -0.39 is 16.0 Å². The van der Waals surface area contributed by atoms with Gasteiger partial charge in [-0.2, -0.15) is 0 Å². The predicted octanol–water partition coefficient (Wildman–Crippen LogP) is 1.69. The number of rotatable bonds is 7. The molecule has 0 unspecified atom stereocenters. The van der Waals surface area contributed by atoms with Gasteiger partial charge in [0.15, 0.2) is 5.13 Å². The molecule has 9 nitrogen and oxygen atoms in total. The van der Waals surface area contributed by atoms with Crippen LogP contribution in [-0.2, 0) is 31.0 Å². The smallest absolute Gasteiger partial charge is 0.308 e. The van der Waals surface area contributed by atoms with Crippen molar-refractivity contribution in [3.8, 4) is 0 Å². The van der Waals surface area contributed by atoms with E-state index in [1.165, 1.54) is 29.2 Å². The molecule has 3 rings (SSSR count). The third kappa shape index (κ3) is 4.80. The van der Waals surface area contributed by atoms with Gasteiger partial charge in [0.25, 0.3) is 10.0 Å². The average molecular weight is 437 g/mol. The second kappa shape index (κ2) is 8.70. The van der Waals surface area contributed by atoms with Crippen molar-refractivity contribution in [1.82, 2.24) is 9.71 Å². The van der Waals surface area contributed by atoms with E-state index >= 15 is 0 Å². The Morgan fingerprint density at radius 3 is 2.79 bits per heavy atom. The van der Waals surface area contributed by atoms with E-state index in [2.05, 4.69) is 14.7 Å². The van der Waals surface area contributed by atoms with Gasteiger partial charge in [-0.05, 0) is 19.1 Å². The molecule has 29 heavy (non-hydrogen) atoms. The van der Waals surface area contributed by atoms with Crippen molar-refractivity contribution in [2.24, 2.45) is 4.99 Å². The number of carbonyl (C=O) groups is 2. The van der Waals surface area contributed by atoms with E-state index in [-0.39, 0.29) is 36.2 Å². The number of nitrogens with one attached hydrogen (secondary N) is 1. The molecule has 0 radical (unpaired) electrons. The number of hydrogen-bond donors (Lipinski definition) is 1. The lowest BCUT2D eigenvalue weighted by molar-refractivity contribution is -0.144. The highest BCUT2D eigenvalue weighted by atomic mass is 32.2. The molecule has 2 aromatic rings. The monoisotopic (exact) mass is 436 g/mol. The fourth-order valence-electron chi connectivity index (χ4n) is 2.72. The maximum Gasteiger partial charge on any atom is 0.308 e. The third-order valence-corrected chi connectivity index (χ3v) is 6.41. The summed E-state index contributed by atoms with van der Waals surface area (Å²) in [7, 11) is -3.60. The van der Waals surface area contributed by atoms with E-state index in [1.54, 1.807) is 23.6 Å². The zero-order valence-electron chi connectivity index (χ0n) is 15.9. The Hall–Kier alpha value is -2.79. The molecule has 0 fully saturated rings. The van der Waals surface area contributed by atoms with Crippen LogP contribution in [0.15, 0.2) is 39.5 Å². The fourth-order valence-corrected chi connectivity index (χ4v) is 4.88. The van der Waals surface area contributed by atoms with E-state index in [4.69, 9.17) is 4.74 Å². The summed E-state index contributed by atoms with van der Waals surface area (Å²) < 4.78 is 31.6. The van der Waals surface area contributed by atoms with Gasteiger partial charge in [-0.15, -0.1) is 11.3 Å². The maximum atomic E-state index is 12.0. The normalized spacial score (nSPS) is 15.6. The largest absolute Gasteiger partial charge is 0.459 e. The molecule has 0 saturated carbocycles. The van der Waals surface area contributed by atoms with Crippen molar-refractivity contribution in [2.75, 3.05) is 18.0 Å². The molecule has 154 valence electrons. The van der Waals surface area contributed by atoms with Crippen LogP contribution in [0, 0.1) is 0 Å². The summed E-state index contributed by atoms with van der Waals surface area (Å²) in [5.41, 5.74) is 1.05. The molecule has 11 heteroatoms. The lowest BCUT2D eigenvalue weighted by atomic mass is 10.2. The molecular formula is C18H20N4O5S2. The lowest BCUT2D eigenvalue weighted by Gasteiger charge is -2.14. The Bertz CT molecular complexity index is 1060. The molecule has 2 heterocycles. The van der Waals surface area contributed by atoms with Crippen molar-refractivity contribution in [3.05, 3.63) is 40.9 Å². The van der Waals surface area contributed by atoms with Gasteiger partial charge in [0, 0.05) is 24.4 Å². The molecule has 1 amide bonds. The molecular weight excluding hydrogens is 416 g/mol. The minimum absolute atomic E-state index is 0.00107. The summed E-state index contributed by atoms with van der Waals surface area (Å²) in [6.45, 7) is 3.91. The number of thiazole rings is 1. The molecule has 1 aliphatic heterocycles. The highest BCUT2D eigenvalue weighted by molar-refractivity contribution is 7.90. The van der Waals surface area contributed by atoms with E-state index in [0.717, 1.165) is 0 Å². The Balaban J connectivity index is 1.52. The maximum absolute atomic E-state index is 12.0. The highest BCUT2D eigenvalue weighted by Crippen LogP contribution is 2.22. The van der Waals surface area contributed by atoms with Crippen LogP contribution in [0.2, 0.25) is 0 Å². The van der Waals surface area contributed by atoms with Crippen molar-refractivity contribution in [3.63, 3.8) is 0 Å². The second-order valence-corrected chi connectivity index (χ2v) is 8.61. The zero-order chi connectivity index (χ0) is 21.0. The third-order valence-electron chi connectivity index (χ3n) is 4.10. The van der Waals surface area contributed by atoms with Crippen molar-refractivity contribution < 1.29 is 22.7 Å². The number of benzene rings is 1. The number of amidine groups is 1. The molecule has 0 atom stereocenters. The number of aliphatic imine (C=N–C) groups is 1. The number of nitrogens with zero attached hydrogens (tertiary/aromatic N) is 3. The number of fused-ring (bicyclic) bond motifs is 1. The lowest BCUT2D eigenvalue weighted by Crippen LogP contribution is -2.27. The number of carbonyl (C=O) groups excluding carboxylic acids is 2. The number of esters is 1. The van der Waals surface area contributed by atoms with E-state index in [1.807, 2.05) is 6.92 Å². The first-order valence-corrected chi connectivity index (χ1v) is 11.2. The molecule has 1 N–H and O–H groups in total. The van der Waals surface area contributed by atoms with Crippen LogP contribution in [0.5, 0.6) is 0 Å². The van der Waals surface area contributed by atoms with Crippen LogP contribution in [0.4, 0.5) is 5.13 Å². The van der Waals surface area contributed by atoms with Gasteiger partial charge < -0.3 is 4.74 Å². The highest BCUT2D eigenvalue weighted by Gasteiger charge is 2.29. The Labute approximate surface area is 172 Å². The second-order valence-electron chi connectivity index (χ2n) is 6.13. The predicted molar refractivity (Wildman–Crippen MR) is 108 cm³/mol. The van der Waals surface area contributed by atoms with Gasteiger partial charge >= 0.3 is 5.97 Å². The van der Waals surface area contributed by atoms with Gasteiger partial charge in [0.1, 0.15) is 12.4 Å². The van der Waals surface area contributed by atoms with E-state index in [0.29, 0.717) is 22.9 Å². The van der Waals surface area contributed by atoms with Crippen LogP contribution < -0.4 is 9.62 Å². The number of ether oxygens (including phenoxy) is 1. The Morgan fingerprint density at radius 2 is 2.07 bits per heavy atom. The summed E-state index contributed by atoms with van der Waals surface area (Å²) in [5, 5.41) is 2.29. The standard InChI is InChI=1S/C18H20N4O5S2/c1-3-22(12(2)23)18-20-13(11-28-18)10-27-16(24)8-9-19-17-14-6-4-5-7-15(14)29(25,26)21-17/h4-7,11H,3,8-10H2,1-2H3,(H,19,21). The molecule has 1 aromatic heterocycles. The van der Waals surface area contributed by atoms with Crippen LogP contribution in [0.3, 0.4) is 0 Å². The Kier molecular flexibility index (Phi) is 6.28. The van der Waals surface area contributed by atoms with Crippen LogP contribution >= 0.6 is 11.3 Å². The number of aromatic nitrogens is 1. The SMILES string of the molecule is CCN(C(C)=O)c1nc(COC(=O)CCN=C2NS(=O)(=O)c3ccccc32)cs1. The minimum atomic E-state index is -3.60. The zero-order valence-corrected chi connectivity index (χ0v) is 17.5. The summed E-state index contributed by atoms with van der Waals surface area (Å²) in [5.74, 6) is -0.355. The number of amides is 1.